The normalized spacial score (nSPS) is 11.5. The number of fused-ring (bicyclic) bond motifs is 1. The van der Waals surface area contributed by atoms with Crippen molar-refractivity contribution in [3.63, 3.8) is 0 Å². The molecule has 6 nitrogen and oxygen atoms in total. The maximum Gasteiger partial charge on any atom is 0.261 e. The number of rotatable bonds is 5. The Kier molecular flexibility index (Phi) is 5.13. The van der Waals surface area contributed by atoms with Crippen LogP contribution in [0.15, 0.2) is 96.2 Å². The van der Waals surface area contributed by atoms with Crippen molar-refractivity contribution < 1.29 is 8.42 Å². The average Bonchev–Trinajstić information content (AvgIpc) is 3.25. The summed E-state index contributed by atoms with van der Waals surface area (Å²) in [6, 6.07) is 23.8. The van der Waals surface area contributed by atoms with Crippen molar-refractivity contribution >= 4 is 38.3 Å². The molecule has 2 aromatic carbocycles. The van der Waals surface area contributed by atoms with E-state index in [4.69, 9.17) is 11.6 Å². The molecule has 3 aromatic heterocycles. The van der Waals surface area contributed by atoms with Crippen molar-refractivity contribution in [1.82, 2.24) is 15.0 Å². The number of benzene rings is 2. The van der Waals surface area contributed by atoms with E-state index in [1.165, 1.54) is 12.1 Å². The molecule has 0 unspecified atom stereocenters. The van der Waals surface area contributed by atoms with Crippen LogP contribution in [0.1, 0.15) is 0 Å². The fourth-order valence-corrected chi connectivity index (χ4v) is 4.71. The van der Waals surface area contributed by atoms with Gasteiger partial charge in [-0.3, -0.25) is 4.72 Å². The lowest BCUT2D eigenvalue weighted by Gasteiger charge is -2.11. The van der Waals surface area contributed by atoms with Gasteiger partial charge in [-0.1, -0.05) is 60.1 Å². The highest BCUT2D eigenvalue weighted by molar-refractivity contribution is 7.92. The van der Waals surface area contributed by atoms with Gasteiger partial charge in [0.15, 0.2) is 5.15 Å². The molecule has 0 fully saturated rings. The highest BCUT2D eigenvalue weighted by Gasteiger charge is 2.17. The Morgan fingerprint density at radius 3 is 2.19 bits per heavy atom. The van der Waals surface area contributed by atoms with Crippen LogP contribution in [0.3, 0.4) is 0 Å². The van der Waals surface area contributed by atoms with E-state index in [2.05, 4.69) is 19.7 Å². The van der Waals surface area contributed by atoms with Gasteiger partial charge in [0.05, 0.1) is 10.6 Å². The minimum atomic E-state index is -3.79. The van der Waals surface area contributed by atoms with Gasteiger partial charge in [0, 0.05) is 34.6 Å². The summed E-state index contributed by atoms with van der Waals surface area (Å²) in [4.78, 5) is 12.2. The van der Waals surface area contributed by atoms with Crippen LogP contribution < -0.4 is 4.72 Å². The molecule has 8 heteroatoms. The molecule has 0 atom stereocenters. The van der Waals surface area contributed by atoms with Crippen molar-refractivity contribution in [2.45, 2.75) is 4.90 Å². The molecule has 158 valence electrons. The topological polar surface area (TPSA) is 87.7 Å². The first-order valence-corrected chi connectivity index (χ1v) is 11.6. The third-order valence-corrected chi connectivity index (χ3v) is 6.71. The fraction of sp³-hybridized carbons (Fsp3) is 0. The Hall–Kier alpha value is -3.68. The van der Waals surface area contributed by atoms with Gasteiger partial charge < -0.3 is 4.98 Å². The van der Waals surface area contributed by atoms with E-state index >= 15 is 0 Å². The van der Waals surface area contributed by atoms with E-state index in [-0.39, 0.29) is 15.7 Å². The molecular weight excluding hydrogens is 444 g/mol. The van der Waals surface area contributed by atoms with Crippen LogP contribution in [0.2, 0.25) is 5.15 Å². The molecule has 0 amide bonds. The van der Waals surface area contributed by atoms with Crippen LogP contribution >= 0.6 is 11.6 Å². The van der Waals surface area contributed by atoms with E-state index in [9.17, 15) is 8.42 Å². The summed E-state index contributed by atoms with van der Waals surface area (Å²) in [5.74, 6) is 0. The summed E-state index contributed by atoms with van der Waals surface area (Å²) in [6.07, 6.45) is 3.31. The summed E-state index contributed by atoms with van der Waals surface area (Å²) in [6.45, 7) is 0. The number of nitrogens with zero attached hydrogens (tertiary/aromatic N) is 2. The number of aromatic nitrogens is 3. The van der Waals surface area contributed by atoms with Crippen molar-refractivity contribution in [2.24, 2.45) is 0 Å². The van der Waals surface area contributed by atoms with Gasteiger partial charge in [0.2, 0.25) is 0 Å². The molecular formula is C24H17ClN4O2S. The van der Waals surface area contributed by atoms with Gasteiger partial charge in [-0.25, -0.2) is 18.4 Å². The third-order valence-electron chi connectivity index (χ3n) is 5.03. The smallest absolute Gasteiger partial charge is 0.261 e. The number of pyridine rings is 2. The number of anilines is 1. The molecule has 0 spiro atoms. The predicted molar refractivity (Wildman–Crippen MR) is 127 cm³/mol. The Balaban J connectivity index is 1.50. The van der Waals surface area contributed by atoms with Crippen LogP contribution in [-0.4, -0.2) is 23.4 Å². The second-order valence-electron chi connectivity index (χ2n) is 7.19. The predicted octanol–water partition coefficient (Wildman–Crippen LogP) is 5.75. The van der Waals surface area contributed by atoms with Gasteiger partial charge in [0.1, 0.15) is 5.65 Å². The van der Waals surface area contributed by atoms with Crippen molar-refractivity contribution in [3.05, 3.63) is 96.4 Å². The lowest BCUT2D eigenvalue weighted by atomic mass is 10.1. The van der Waals surface area contributed by atoms with Gasteiger partial charge in [-0.15, -0.1) is 0 Å². The van der Waals surface area contributed by atoms with Gasteiger partial charge in [-0.05, 0) is 35.9 Å². The highest BCUT2D eigenvalue weighted by Crippen LogP contribution is 2.31. The van der Waals surface area contributed by atoms with Crippen LogP contribution in [0.25, 0.3) is 33.4 Å². The van der Waals surface area contributed by atoms with Gasteiger partial charge in [-0.2, -0.15) is 0 Å². The van der Waals surface area contributed by atoms with Gasteiger partial charge in [0.25, 0.3) is 10.0 Å². The number of sulfonamides is 1. The average molecular weight is 461 g/mol. The second kappa shape index (κ2) is 8.11. The minimum absolute atomic E-state index is 0.0651. The second-order valence-corrected chi connectivity index (χ2v) is 9.23. The van der Waals surface area contributed by atoms with E-state index in [0.717, 1.165) is 27.9 Å². The maximum atomic E-state index is 12.7. The molecule has 0 radical (unpaired) electrons. The third kappa shape index (κ3) is 3.95. The number of hydrogen-bond acceptors (Lipinski definition) is 4. The van der Waals surface area contributed by atoms with Crippen molar-refractivity contribution in [3.8, 4) is 22.4 Å². The van der Waals surface area contributed by atoms with Crippen molar-refractivity contribution in [1.29, 1.82) is 0 Å². The zero-order chi connectivity index (χ0) is 22.1. The molecule has 32 heavy (non-hydrogen) atoms. The maximum absolute atomic E-state index is 12.7. The molecule has 0 aliphatic carbocycles. The molecule has 0 saturated carbocycles. The summed E-state index contributed by atoms with van der Waals surface area (Å²) < 4.78 is 27.9. The quantitative estimate of drug-likeness (QED) is 0.327. The van der Waals surface area contributed by atoms with E-state index in [0.29, 0.717) is 5.56 Å². The monoisotopic (exact) mass is 460 g/mol. The van der Waals surface area contributed by atoms with Crippen LogP contribution in [0.4, 0.5) is 5.69 Å². The molecule has 5 rings (SSSR count). The molecule has 3 heterocycles. The molecule has 0 aliphatic heterocycles. The number of hydrogen-bond donors (Lipinski definition) is 2. The minimum Gasteiger partial charge on any atom is -0.339 e. The standard InChI is InChI=1S/C24H17ClN4O2S/c25-23-22(29-32(30,31)20-9-5-2-6-10-20)13-19(14-26-23)18-11-17-12-21(28-24(17)27-15-18)16-7-3-1-4-8-16/h1-15,29H,(H,27,28). The Labute approximate surface area is 190 Å². The summed E-state index contributed by atoms with van der Waals surface area (Å²) in [7, 11) is -3.79. The Morgan fingerprint density at radius 1 is 0.781 bits per heavy atom. The van der Waals surface area contributed by atoms with Gasteiger partial charge >= 0.3 is 0 Å². The number of H-pyrrole nitrogens is 1. The van der Waals surface area contributed by atoms with Crippen LogP contribution in [0.5, 0.6) is 0 Å². The van der Waals surface area contributed by atoms with E-state index in [1.54, 1.807) is 36.7 Å². The zero-order valence-electron chi connectivity index (χ0n) is 16.7. The van der Waals surface area contributed by atoms with Crippen molar-refractivity contribution in [2.75, 3.05) is 4.72 Å². The summed E-state index contributed by atoms with van der Waals surface area (Å²) in [5.41, 5.74) is 4.48. The molecule has 0 saturated heterocycles. The van der Waals surface area contributed by atoms with Crippen LogP contribution in [-0.2, 0) is 10.0 Å². The fourth-order valence-electron chi connectivity index (χ4n) is 3.43. The summed E-state index contributed by atoms with van der Waals surface area (Å²) in [5, 5.41) is 0.998. The SMILES string of the molecule is O=S(=O)(Nc1cc(-c2cnc3[nH]c(-c4ccccc4)cc3c2)cnc1Cl)c1ccccc1. The first kappa shape index (κ1) is 20.2. The first-order chi connectivity index (χ1) is 15.5. The Morgan fingerprint density at radius 2 is 1.44 bits per heavy atom. The largest absolute Gasteiger partial charge is 0.339 e. The lowest BCUT2D eigenvalue weighted by molar-refractivity contribution is 0.601. The highest BCUT2D eigenvalue weighted by atomic mass is 35.5. The number of aromatic amines is 1. The van der Waals surface area contributed by atoms with Crippen LogP contribution in [0, 0.1) is 0 Å². The van der Waals surface area contributed by atoms with E-state index in [1.807, 2.05) is 42.5 Å². The Bertz CT molecular complexity index is 1520. The number of nitrogens with one attached hydrogen (secondary N) is 2. The number of halogens is 1. The summed E-state index contributed by atoms with van der Waals surface area (Å²) >= 11 is 6.18. The van der Waals surface area contributed by atoms with E-state index < -0.39 is 10.0 Å². The zero-order valence-corrected chi connectivity index (χ0v) is 18.2. The molecule has 0 aliphatic rings. The molecule has 0 bridgehead atoms. The first-order valence-electron chi connectivity index (χ1n) is 9.77. The molecule has 5 aromatic rings. The lowest BCUT2D eigenvalue weighted by Crippen LogP contribution is -2.13. The molecule has 2 N–H and O–H groups in total.